The smallest absolute Gasteiger partial charge is 0.222 e. The van der Waals surface area contributed by atoms with Crippen molar-refractivity contribution in [3.05, 3.63) is 41.6 Å². The third-order valence-corrected chi connectivity index (χ3v) is 2.73. The fourth-order valence-corrected chi connectivity index (χ4v) is 1.80. The van der Waals surface area contributed by atoms with Crippen molar-refractivity contribution in [2.24, 2.45) is 0 Å². The number of rotatable bonds is 1. The molecule has 0 aliphatic heterocycles. The first-order valence-electron chi connectivity index (χ1n) is 6.86. The molecule has 4 heteroatoms. The average Bonchev–Trinajstić information content (AvgIpc) is 2.76. The second-order valence-corrected chi connectivity index (χ2v) is 4.03. The lowest BCUT2D eigenvalue weighted by atomic mass is 10.1. The van der Waals surface area contributed by atoms with E-state index in [9.17, 15) is 0 Å². The molecule has 0 spiro atoms. The third-order valence-electron chi connectivity index (χ3n) is 2.73. The van der Waals surface area contributed by atoms with Crippen molar-refractivity contribution in [2.45, 2.75) is 41.0 Å². The number of nitrogen functional groups attached to an aromatic ring is 2. The molecular weight excluding hydrogens is 248 g/mol. The van der Waals surface area contributed by atoms with E-state index in [1.54, 1.807) is 6.08 Å². The molecule has 1 aliphatic carbocycles. The van der Waals surface area contributed by atoms with Crippen LogP contribution in [0.15, 0.2) is 30.4 Å². The van der Waals surface area contributed by atoms with E-state index < -0.39 is 0 Å². The van der Waals surface area contributed by atoms with Crippen LogP contribution in [0.4, 0.5) is 11.8 Å². The summed E-state index contributed by atoms with van der Waals surface area (Å²) in [6.07, 6.45) is 6.57. The molecule has 0 fully saturated rings. The van der Waals surface area contributed by atoms with Gasteiger partial charge >= 0.3 is 0 Å². The lowest BCUT2D eigenvalue weighted by Gasteiger charge is -2.04. The Bertz CT molecular complexity index is 509. The number of aromatic nitrogens is 2. The summed E-state index contributed by atoms with van der Waals surface area (Å²) in [7, 11) is 0. The molecule has 0 amide bonds. The van der Waals surface area contributed by atoms with Crippen molar-refractivity contribution >= 4 is 17.3 Å². The van der Waals surface area contributed by atoms with E-state index in [1.807, 2.05) is 46.8 Å². The van der Waals surface area contributed by atoms with Crippen molar-refractivity contribution < 1.29 is 0 Å². The van der Waals surface area contributed by atoms with Crippen molar-refractivity contribution in [1.29, 1.82) is 0 Å². The van der Waals surface area contributed by atoms with Crippen molar-refractivity contribution in [3.63, 3.8) is 0 Å². The first kappa shape index (κ1) is 17.9. The summed E-state index contributed by atoms with van der Waals surface area (Å²) in [6, 6.07) is 0. The fraction of sp³-hybridized carbons (Fsp3) is 0.375. The molecule has 110 valence electrons. The SMILES string of the molecule is C/C=C\C.C=CC1=C(C)Cc2nc(N)nc(N)c21.CC. The minimum atomic E-state index is 0.236. The fourth-order valence-electron chi connectivity index (χ4n) is 1.80. The number of hydrogen-bond acceptors (Lipinski definition) is 4. The largest absolute Gasteiger partial charge is 0.383 e. The Hall–Kier alpha value is -2.10. The van der Waals surface area contributed by atoms with Gasteiger partial charge in [0.05, 0.1) is 5.69 Å². The molecule has 0 unspecified atom stereocenters. The Kier molecular flexibility index (Phi) is 7.97. The van der Waals surface area contributed by atoms with Gasteiger partial charge in [-0.3, -0.25) is 0 Å². The van der Waals surface area contributed by atoms with Gasteiger partial charge in [-0.05, 0) is 26.3 Å². The molecule has 0 saturated carbocycles. The highest BCUT2D eigenvalue weighted by atomic mass is 15.0. The number of anilines is 2. The zero-order valence-electron chi connectivity index (χ0n) is 13.2. The summed E-state index contributed by atoms with van der Waals surface area (Å²) in [4.78, 5) is 8.10. The van der Waals surface area contributed by atoms with Crippen LogP contribution in [0.2, 0.25) is 0 Å². The van der Waals surface area contributed by atoms with Crippen LogP contribution in [0.25, 0.3) is 5.57 Å². The maximum Gasteiger partial charge on any atom is 0.222 e. The standard InChI is InChI=1S/C10H12N4.C4H8.C2H6/c1-3-6-5(2)4-7-8(6)9(11)14-10(12)13-7;1-3-4-2;1-2/h3H,1,4H2,2H3,(H4,11,12,13,14);3-4H,1-2H3;1-2H3/b;4-3-;. The zero-order valence-corrected chi connectivity index (χ0v) is 13.2. The molecule has 1 aliphatic rings. The van der Waals surface area contributed by atoms with Gasteiger partial charge in [-0.2, -0.15) is 4.98 Å². The molecule has 0 bridgehead atoms. The minimum Gasteiger partial charge on any atom is -0.383 e. The summed E-state index contributed by atoms with van der Waals surface area (Å²) < 4.78 is 0. The van der Waals surface area contributed by atoms with E-state index in [4.69, 9.17) is 11.5 Å². The lowest BCUT2D eigenvalue weighted by molar-refractivity contribution is 1.05. The normalized spacial score (nSPS) is 12.2. The highest BCUT2D eigenvalue weighted by Crippen LogP contribution is 2.35. The molecule has 0 aromatic carbocycles. The molecule has 1 heterocycles. The van der Waals surface area contributed by atoms with Gasteiger partial charge in [0, 0.05) is 12.0 Å². The van der Waals surface area contributed by atoms with Crippen molar-refractivity contribution in [3.8, 4) is 0 Å². The molecule has 0 radical (unpaired) electrons. The zero-order chi connectivity index (χ0) is 15.7. The second-order valence-electron chi connectivity index (χ2n) is 4.03. The van der Waals surface area contributed by atoms with Crippen LogP contribution >= 0.6 is 0 Å². The van der Waals surface area contributed by atoms with Crippen LogP contribution < -0.4 is 11.5 Å². The number of nitrogens with zero attached hydrogens (tertiary/aromatic N) is 2. The molecule has 20 heavy (non-hydrogen) atoms. The van der Waals surface area contributed by atoms with Crippen LogP contribution in [0.3, 0.4) is 0 Å². The first-order valence-corrected chi connectivity index (χ1v) is 6.86. The Morgan fingerprint density at radius 1 is 1.10 bits per heavy atom. The summed E-state index contributed by atoms with van der Waals surface area (Å²) in [5.74, 6) is 0.679. The number of fused-ring (bicyclic) bond motifs is 1. The molecule has 1 aromatic rings. The first-order chi connectivity index (χ1) is 9.54. The van der Waals surface area contributed by atoms with Gasteiger partial charge in [-0.1, -0.05) is 44.2 Å². The van der Waals surface area contributed by atoms with Gasteiger partial charge in [0.25, 0.3) is 0 Å². The molecule has 1 aromatic heterocycles. The topological polar surface area (TPSA) is 77.8 Å². The quantitative estimate of drug-likeness (QED) is 0.764. The second kappa shape index (κ2) is 8.91. The van der Waals surface area contributed by atoms with Crippen LogP contribution in [0, 0.1) is 0 Å². The van der Waals surface area contributed by atoms with Gasteiger partial charge in [0.1, 0.15) is 5.82 Å². The molecule has 0 atom stereocenters. The van der Waals surface area contributed by atoms with Crippen molar-refractivity contribution in [2.75, 3.05) is 11.5 Å². The summed E-state index contributed by atoms with van der Waals surface area (Å²) in [5.41, 5.74) is 15.4. The van der Waals surface area contributed by atoms with E-state index in [1.165, 1.54) is 5.57 Å². The highest BCUT2D eigenvalue weighted by Gasteiger charge is 2.21. The average molecular weight is 274 g/mol. The minimum absolute atomic E-state index is 0.236. The van der Waals surface area contributed by atoms with E-state index in [-0.39, 0.29) is 5.95 Å². The monoisotopic (exact) mass is 274 g/mol. The van der Waals surface area contributed by atoms with Crippen LogP contribution in [0.5, 0.6) is 0 Å². The number of hydrogen-bond donors (Lipinski definition) is 2. The van der Waals surface area contributed by atoms with E-state index >= 15 is 0 Å². The summed E-state index contributed by atoms with van der Waals surface area (Å²) in [5, 5.41) is 0. The molecule has 4 N–H and O–H groups in total. The Labute approximate surface area is 122 Å². The number of allylic oxidation sites excluding steroid dienone is 5. The number of nitrogens with two attached hydrogens (primary N) is 2. The third kappa shape index (κ3) is 4.23. The molecule has 4 nitrogen and oxygen atoms in total. The maximum atomic E-state index is 5.79. The Morgan fingerprint density at radius 2 is 1.65 bits per heavy atom. The lowest BCUT2D eigenvalue weighted by Crippen LogP contribution is -2.05. The van der Waals surface area contributed by atoms with Gasteiger partial charge in [0.2, 0.25) is 5.95 Å². The Balaban J connectivity index is 0.000000521. The van der Waals surface area contributed by atoms with E-state index in [0.717, 1.165) is 23.3 Å². The van der Waals surface area contributed by atoms with Gasteiger partial charge < -0.3 is 11.5 Å². The predicted octanol–water partition coefficient (Wildman–Crippen LogP) is 3.77. The summed E-state index contributed by atoms with van der Waals surface area (Å²) >= 11 is 0. The predicted molar refractivity (Wildman–Crippen MR) is 89.2 cm³/mol. The van der Waals surface area contributed by atoms with Crippen molar-refractivity contribution in [1.82, 2.24) is 9.97 Å². The maximum absolute atomic E-state index is 5.79. The molecular formula is C16H26N4. The Morgan fingerprint density at radius 3 is 2.10 bits per heavy atom. The molecule has 0 saturated heterocycles. The van der Waals surface area contributed by atoms with Gasteiger partial charge in [-0.15, -0.1) is 0 Å². The van der Waals surface area contributed by atoms with Gasteiger partial charge in [-0.25, -0.2) is 4.98 Å². The van der Waals surface area contributed by atoms with E-state index in [0.29, 0.717) is 5.82 Å². The van der Waals surface area contributed by atoms with Gasteiger partial charge in [0.15, 0.2) is 0 Å². The van der Waals surface area contributed by atoms with E-state index in [2.05, 4.69) is 16.5 Å². The molecule has 2 rings (SSSR count). The highest BCUT2D eigenvalue weighted by molar-refractivity contribution is 5.86. The summed E-state index contributed by atoms with van der Waals surface area (Å²) in [6.45, 7) is 13.8. The van der Waals surface area contributed by atoms with Crippen LogP contribution in [0.1, 0.15) is 45.9 Å². The van der Waals surface area contributed by atoms with Crippen LogP contribution in [-0.2, 0) is 6.42 Å². The van der Waals surface area contributed by atoms with Crippen LogP contribution in [-0.4, -0.2) is 9.97 Å².